The second-order valence-electron chi connectivity index (χ2n) is 7.83. The van der Waals surface area contributed by atoms with Crippen LogP contribution in [0, 0.1) is 0 Å². The third-order valence-corrected chi connectivity index (χ3v) is 6.66. The molecule has 3 aromatic rings. The Labute approximate surface area is 192 Å². The number of nitrogens with zero attached hydrogens (tertiary/aromatic N) is 2. The number of aryl methyl sites for hydroxylation is 1. The van der Waals surface area contributed by atoms with Gasteiger partial charge >= 0.3 is 5.97 Å². The van der Waals surface area contributed by atoms with Crippen molar-refractivity contribution < 1.29 is 14.3 Å². The summed E-state index contributed by atoms with van der Waals surface area (Å²) < 4.78 is 6.93. The average molecular weight is 450 g/mol. The first-order valence-corrected chi connectivity index (χ1v) is 11.7. The van der Waals surface area contributed by atoms with E-state index < -0.39 is 0 Å². The number of imidazole rings is 1. The molecule has 166 valence electrons. The molecule has 1 aliphatic carbocycles. The minimum Gasteiger partial charge on any atom is -0.465 e. The highest BCUT2D eigenvalue weighted by Gasteiger charge is 2.24. The molecule has 1 N–H and O–H groups in total. The lowest BCUT2D eigenvalue weighted by atomic mass is 10.0. The molecule has 0 bridgehead atoms. The van der Waals surface area contributed by atoms with E-state index in [-0.39, 0.29) is 17.1 Å². The van der Waals surface area contributed by atoms with Crippen molar-refractivity contribution in [2.75, 3.05) is 7.11 Å². The molecule has 1 atom stereocenters. The molecule has 6 nitrogen and oxygen atoms in total. The zero-order chi connectivity index (χ0) is 22.5. The number of rotatable bonds is 7. The first-order chi connectivity index (χ1) is 15.6. The number of methoxy groups -OCH3 is 1. The summed E-state index contributed by atoms with van der Waals surface area (Å²) >= 11 is 1.49. The minimum absolute atomic E-state index is 0.0485. The van der Waals surface area contributed by atoms with Crippen molar-refractivity contribution in [1.82, 2.24) is 14.9 Å². The largest absolute Gasteiger partial charge is 0.465 e. The number of aromatic nitrogens is 2. The quantitative estimate of drug-likeness (QED) is 0.429. The summed E-state index contributed by atoms with van der Waals surface area (Å²) in [4.78, 5) is 29.2. The second kappa shape index (κ2) is 10.0. The SMILES string of the molecule is COC(=O)c1ccc(CNC(=O)C(C)Sc2nc3c(n2-c2ccccc2)CCCC3)cc1. The van der Waals surface area contributed by atoms with Crippen LogP contribution in [0.1, 0.15) is 47.1 Å². The van der Waals surface area contributed by atoms with Gasteiger partial charge in [0.25, 0.3) is 0 Å². The van der Waals surface area contributed by atoms with Crippen LogP contribution in [0.3, 0.4) is 0 Å². The predicted octanol–water partition coefficient (Wildman–Crippen LogP) is 4.33. The lowest BCUT2D eigenvalue weighted by Gasteiger charge is -2.16. The van der Waals surface area contributed by atoms with Gasteiger partial charge in [0.05, 0.1) is 23.6 Å². The zero-order valence-corrected chi connectivity index (χ0v) is 19.2. The Kier molecular flexibility index (Phi) is 6.95. The van der Waals surface area contributed by atoms with Crippen molar-refractivity contribution in [2.24, 2.45) is 0 Å². The van der Waals surface area contributed by atoms with E-state index in [2.05, 4.69) is 22.0 Å². The molecular weight excluding hydrogens is 422 g/mol. The van der Waals surface area contributed by atoms with Gasteiger partial charge < -0.3 is 10.1 Å². The van der Waals surface area contributed by atoms with E-state index in [1.54, 1.807) is 12.1 Å². The number of ether oxygens (including phenoxy) is 1. The fourth-order valence-electron chi connectivity index (χ4n) is 3.86. The van der Waals surface area contributed by atoms with Crippen LogP contribution >= 0.6 is 11.8 Å². The van der Waals surface area contributed by atoms with Gasteiger partial charge in [0, 0.05) is 17.9 Å². The molecule has 1 aromatic heterocycles. The molecule has 1 aliphatic rings. The van der Waals surface area contributed by atoms with Crippen molar-refractivity contribution in [1.29, 1.82) is 0 Å². The zero-order valence-electron chi connectivity index (χ0n) is 18.3. The number of benzene rings is 2. The van der Waals surface area contributed by atoms with Crippen molar-refractivity contribution >= 4 is 23.6 Å². The Morgan fingerprint density at radius 1 is 1.09 bits per heavy atom. The predicted molar refractivity (Wildman–Crippen MR) is 125 cm³/mol. The molecule has 4 rings (SSSR count). The van der Waals surface area contributed by atoms with Gasteiger partial charge in [-0.2, -0.15) is 0 Å². The highest BCUT2D eigenvalue weighted by molar-refractivity contribution is 8.00. The van der Waals surface area contributed by atoms with Gasteiger partial charge in [0.15, 0.2) is 5.16 Å². The van der Waals surface area contributed by atoms with Gasteiger partial charge in [-0.3, -0.25) is 9.36 Å². The molecule has 0 radical (unpaired) electrons. The van der Waals surface area contributed by atoms with Gasteiger partial charge in [-0.15, -0.1) is 0 Å². The van der Waals surface area contributed by atoms with Crippen molar-refractivity contribution in [3.05, 3.63) is 77.1 Å². The number of carbonyl (C=O) groups is 2. The van der Waals surface area contributed by atoms with Crippen LogP contribution in [0.25, 0.3) is 5.69 Å². The number of nitrogens with one attached hydrogen (secondary N) is 1. The molecule has 0 aliphatic heterocycles. The van der Waals surface area contributed by atoms with Crippen LogP contribution in [0.4, 0.5) is 0 Å². The Morgan fingerprint density at radius 2 is 1.81 bits per heavy atom. The second-order valence-corrected chi connectivity index (χ2v) is 9.14. The minimum atomic E-state index is -0.373. The molecule has 2 aromatic carbocycles. The van der Waals surface area contributed by atoms with Gasteiger partial charge in [0.1, 0.15) is 0 Å². The fourth-order valence-corrected chi connectivity index (χ4v) is 4.85. The maximum atomic E-state index is 12.8. The summed E-state index contributed by atoms with van der Waals surface area (Å²) in [6, 6.07) is 17.3. The summed E-state index contributed by atoms with van der Waals surface area (Å²) in [5.74, 6) is -0.421. The maximum Gasteiger partial charge on any atom is 0.337 e. The number of fused-ring (bicyclic) bond motifs is 1. The number of para-hydroxylation sites is 1. The van der Waals surface area contributed by atoms with Crippen LogP contribution in [-0.4, -0.2) is 33.8 Å². The Morgan fingerprint density at radius 3 is 2.53 bits per heavy atom. The Bertz CT molecular complexity index is 1090. The molecular formula is C25H27N3O3S. The first kappa shape index (κ1) is 22.1. The standard InChI is InChI=1S/C25H27N3O3S/c1-17(23(29)26-16-18-12-14-19(15-13-18)24(30)31-2)32-25-27-21-10-6-7-11-22(21)28(25)20-8-4-3-5-9-20/h3-5,8-9,12-15,17H,6-7,10-11,16H2,1-2H3,(H,26,29). The summed E-state index contributed by atoms with van der Waals surface area (Å²) in [7, 11) is 1.36. The lowest BCUT2D eigenvalue weighted by Crippen LogP contribution is -2.30. The average Bonchev–Trinajstić information content (AvgIpc) is 3.20. The van der Waals surface area contributed by atoms with Gasteiger partial charge in [-0.05, 0) is 62.4 Å². The lowest BCUT2D eigenvalue weighted by molar-refractivity contribution is -0.120. The van der Waals surface area contributed by atoms with E-state index in [0.29, 0.717) is 12.1 Å². The van der Waals surface area contributed by atoms with E-state index in [4.69, 9.17) is 9.72 Å². The number of hydrogen-bond donors (Lipinski definition) is 1. The molecule has 0 saturated carbocycles. The highest BCUT2D eigenvalue weighted by Crippen LogP contribution is 2.32. The number of esters is 1. The monoisotopic (exact) mass is 449 g/mol. The van der Waals surface area contributed by atoms with E-state index in [9.17, 15) is 9.59 Å². The van der Waals surface area contributed by atoms with Gasteiger partial charge in [-0.1, -0.05) is 42.1 Å². The number of thioether (sulfide) groups is 1. The van der Waals surface area contributed by atoms with Crippen molar-refractivity contribution in [3.63, 3.8) is 0 Å². The molecule has 7 heteroatoms. The van der Waals surface area contributed by atoms with Crippen LogP contribution in [0.15, 0.2) is 59.8 Å². The fraction of sp³-hybridized carbons (Fsp3) is 0.320. The van der Waals surface area contributed by atoms with E-state index in [0.717, 1.165) is 41.4 Å². The summed E-state index contributed by atoms with van der Waals surface area (Å²) in [5, 5.41) is 3.56. The molecule has 1 unspecified atom stereocenters. The third-order valence-electron chi connectivity index (χ3n) is 5.61. The van der Waals surface area contributed by atoms with Crippen molar-refractivity contribution in [2.45, 2.75) is 49.6 Å². The normalized spacial score (nSPS) is 13.8. The molecule has 1 heterocycles. The van der Waals surface area contributed by atoms with Gasteiger partial charge in [0.2, 0.25) is 5.91 Å². The van der Waals surface area contributed by atoms with E-state index in [1.807, 2.05) is 37.3 Å². The van der Waals surface area contributed by atoms with Gasteiger partial charge in [-0.25, -0.2) is 9.78 Å². The van der Waals surface area contributed by atoms with Crippen LogP contribution < -0.4 is 5.32 Å². The Balaban J connectivity index is 1.44. The molecule has 1 amide bonds. The molecule has 0 fully saturated rings. The summed E-state index contributed by atoms with van der Waals surface area (Å²) in [6.45, 7) is 2.30. The highest BCUT2D eigenvalue weighted by atomic mass is 32.2. The summed E-state index contributed by atoms with van der Waals surface area (Å²) in [6.07, 6.45) is 4.33. The van der Waals surface area contributed by atoms with E-state index in [1.165, 1.54) is 31.0 Å². The maximum absolute atomic E-state index is 12.8. The molecule has 32 heavy (non-hydrogen) atoms. The first-order valence-electron chi connectivity index (χ1n) is 10.8. The molecule has 0 saturated heterocycles. The Hall–Kier alpha value is -3.06. The summed E-state index contributed by atoms with van der Waals surface area (Å²) in [5.41, 5.74) is 4.92. The van der Waals surface area contributed by atoms with Crippen LogP contribution in [0.5, 0.6) is 0 Å². The topological polar surface area (TPSA) is 73.2 Å². The third kappa shape index (κ3) is 4.88. The van der Waals surface area contributed by atoms with Crippen LogP contribution in [-0.2, 0) is 28.9 Å². The number of amides is 1. The number of hydrogen-bond acceptors (Lipinski definition) is 5. The smallest absolute Gasteiger partial charge is 0.337 e. The van der Waals surface area contributed by atoms with E-state index >= 15 is 0 Å². The number of carbonyl (C=O) groups excluding carboxylic acids is 2. The van der Waals surface area contributed by atoms with Crippen LogP contribution in [0.2, 0.25) is 0 Å². The van der Waals surface area contributed by atoms with Crippen molar-refractivity contribution in [3.8, 4) is 5.69 Å². The molecule has 0 spiro atoms.